The SMILES string of the molecule is COc1cc(OC)cc(C(=O)NC(C(=O)N2CCCC(C(C)N)C2)C(C)C)c1.Cl. The summed E-state index contributed by atoms with van der Waals surface area (Å²) in [6.07, 6.45) is 1.97. The predicted octanol–water partition coefficient (Wildman–Crippen LogP) is 2.47. The Morgan fingerprint density at radius 1 is 1.14 bits per heavy atom. The first kappa shape index (κ1) is 25.0. The highest BCUT2D eigenvalue weighted by Crippen LogP contribution is 2.24. The molecule has 0 spiro atoms. The molecule has 8 heteroatoms. The number of nitrogens with zero attached hydrogens (tertiary/aromatic N) is 1. The quantitative estimate of drug-likeness (QED) is 0.697. The molecule has 2 rings (SSSR count). The van der Waals surface area contributed by atoms with Gasteiger partial charge in [0.15, 0.2) is 0 Å². The number of halogens is 1. The number of benzene rings is 1. The van der Waals surface area contributed by atoms with E-state index in [1.165, 1.54) is 14.2 Å². The summed E-state index contributed by atoms with van der Waals surface area (Å²) in [5.74, 6) is 0.914. The summed E-state index contributed by atoms with van der Waals surface area (Å²) in [5, 5.41) is 2.90. The van der Waals surface area contributed by atoms with E-state index in [1.54, 1.807) is 18.2 Å². The lowest BCUT2D eigenvalue weighted by molar-refractivity contribution is -0.136. The molecule has 1 saturated heterocycles. The van der Waals surface area contributed by atoms with Crippen molar-refractivity contribution in [2.24, 2.45) is 17.6 Å². The third kappa shape index (κ3) is 6.51. The third-order valence-electron chi connectivity index (χ3n) is 5.35. The zero-order valence-corrected chi connectivity index (χ0v) is 18.8. The lowest BCUT2D eigenvalue weighted by Crippen LogP contribution is -2.54. The van der Waals surface area contributed by atoms with Crippen LogP contribution >= 0.6 is 12.4 Å². The number of methoxy groups -OCH3 is 2. The van der Waals surface area contributed by atoms with Crippen LogP contribution in [-0.2, 0) is 4.79 Å². The summed E-state index contributed by atoms with van der Waals surface area (Å²) in [5.41, 5.74) is 6.44. The molecule has 0 saturated carbocycles. The topological polar surface area (TPSA) is 93.9 Å². The van der Waals surface area contributed by atoms with Gasteiger partial charge in [0.25, 0.3) is 5.91 Å². The zero-order chi connectivity index (χ0) is 20.8. The number of amides is 2. The van der Waals surface area contributed by atoms with Crippen molar-refractivity contribution >= 4 is 24.2 Å². The van der Waals surface area contributed by atoms with Crippen LogP contribution < -0.4 is 20.5 Å². The molecule has 1 aliphatic heterocycles. The van der Waals surface area contributed by atoms with Crippen LogP contribution in [0.2, 0.25) is 0 Å². The minimum atomic E-state index is -0.600. The number of carbonyl (C=O) groups is 2. The second kappa shape index (κ2) is 11.3. The Labute approximate surface area is 179 Å². The maximum absolute atomic E-state index is 13.1. The molecule has 0 radical (unpaired) electrons. The number of hydrogen-bond donors (Lipinski definition) is 2. The summed E-state index contributed by atoms with van der Waals surface area (Å²) in [7, 11) is 3.06. The molecular formula is C21H34ClN3O4. The van der Waals surface area contributed by atoms with Crippen molar-refractivity contribution in [3.05, 3.63) is 23.8 Å². The molecule has 3 atom stereocenters. The van der Waals surface area contributed by atoms with Crippen LogP contribution in [-0.4, -0.2) is 56.1 Å². The number of nitrogens with one attached hydrogen (secondary N) is 1. The van der Waals surface area contributed by atoms with Crippen molar-refractivity contribution in [2.45, 2.75) is 45.7 Å². The van der Waals surface area contributed by atoms with Gasteiger partial charge >= 0.3 is 0 Å². The molecule has 0 bridgehead atoms. The third-order valence-corrected chi connectivity index (χ3v) is 5.35. The lowest BCUT2D eigenvalue weighted by Gasteiger charge is -2.37. The van der Waals surface area contributed by atoms with Crippen LogP contribution in [0.5, 0.6) is 11.5 Å². The molecule has 3 unspecified atom stereocenters. The van der Waals surface area contributed by atoms with Gasteiger partial charge in [-0.05, 0) is 43.7 Å². The highest BCUT2D eigenvalue weighted by atomic mass is 35.5. The van der Waals surface area contributed by atoms with Gasteiger partial charge in [0, 0.05) is 30.8 Å². The van der Waals surface area contributed by atoms with Crippen LogP contribution in [0.15, 0.2) is 18.2 Å². The molecule has 29 heavy (non-hydrogen) atoms. The number of nitrogens with two attached hydrogens (primary N) is 1. The molecule has 1 heterocycles. The van der Waals surface area contributed by atoms with Crippen molar-refractivity contribution in [1.82, 2.24) is 10.2 Å². The molecule has 0 aromatic heterocycles. The van der Waals surface area contributed by atoms with Gasteiger partial charge < -0.3 is 25.4 Å². The Hall–Kier alpha value is -1.99. The fourth-order valence-electron chi connectivity index (χ4n) is 3.51. The molecular weight excluding hydrogens is 394 g/mol. The summed E-state index contributed by atoms with van der Waals surface area (Å²) >= 11 is 0. The van der Waals surface area contributed by atoms with Gasteiger partial charge in [0.05, 0.1) is 14.2 Å². The highest BCUT2D eigenvalue weighted by molar-refractivity contribution is 5.98. The number of carbonyl (C=O) groups excluding carboxylic acids is 2. The number of rotatable bonds is 7. The first-order valence-electron chi connectivity index (χ1n) is 9.85. The molecule has 7 nitrogen and oxygen atoms in total. The Kier molecular flexibility index (Phi) is 9.73. The van der Waals surface area contributed by atoms with Crippen molar-refractivity contribution < 1.29 is 19.1 Å². The molecule has 1 aromatic carbocycles. The minimum absolute atomic E-state index is 0. The molecule has 0 aliphatic carbocycles. The number of piperidine rings is 1. The Bertz CT molecular complexity index is 674. The fourth-order valence-corrected chi connectivity index (χ4v) is 3.51. The zero-order valence-electron chi connectivity index (χ0n) is 17.9. The van der Waals surface area contributed by atoms with E-state index in [2.05, 4.69) is 5.32 Å². The second-order valence-electron chi connectivity index (χ2n) is 7.84. The molecule has 1 aromatic rings. The van der Waals surface area contributed by atoms with Gasteiger partial charge in [-0.25, -0.2) is 0 Å². The van der Waals surface area contributed by atoms with E-state index in [0.717, 1.165) is 12.8 Å². The summed E-state index contributed by atoms with van der Waals surface area (Å²) in [4.78, 5) is 27.8. The highest BCUT2D eigenvalue weighted by Gasteiger charge is 2.33. The molecule has 2 amide bonds. The van der Waals surface area contributed by atoms with Crippen molar-refractivity contribution in [1.29, 1.82) is 0 Å². The van der Waals surface area contributed by atoms with Crippen molar-refractivity contribution in [3.8, 4) is 11.5 Å². The lowest BCUT2D eigenvalue weighted by atomic mass is 9.91. The van der Waals surface area contributed by atoms with E-state index in [9.17, 15) is 9.59 Å². The normalized spacial score (nSPS) is 18.4. The molecule has 1 fully saturated rings. The van der Waals surface area contributed by atoms with Crippen LogP contribution in [0.25, 0.3) is 0 Å². The monoisotopic (exact) mass is 427 g/mol. The van der Waals surface area contributed by atoms with E-state index < -0.39 is 6.04 Å². The Morgan fingerprint density at radius 2 is 1.72 bits per heavy atom. The van der Waals surface area contributed by atoms with Gasteiger partial charge in [-0.2, -0.15) is 0 Å². The fraction of sp³-hybridized carbons (Fsp3) is 0.619. The van der Waals surface area contributed by atoms with Gasteiger partial charge in [0.1, 0.15) is 17.5 Å². The summed E-state index contributed by atoms with van der Waals surface area (Å²) < 4.78 is 10.5. The first-order valence-corrected chi connectivity index (χ1v) is 9.85. The Balaban J connectivity index is 0.00000420. The summed E-state index contributed by atoms with van der Waals surface area (Å²) in [6, 6.07) is 4.41. The van der Waals surface area contributed by atoms with E-state index in [-0.39, 0.29) is 36.2 Å². The summed E-state index contributed by atoms with van der Waals surface area (Å²) in [6.45, 7) is 7.19. The van der Waals surface area contributed by atoms with E-state index in [0.29, 0.717) is 36.1 Å². The maximum atomic E-state index is 13.1. The number of likely N-dealkylation sites (tertiary alicyclic amines) is 1. The standard InChI is InChI=1S/C21H33N3O4.ClH/c1-13(2)19(21(26)24-8-6-7-15(12-24)14(3)22)23-20(25)16-9-17(27-4)11-18(10-16)28-5;/h9-11,13-15,19H,6-8,12,22H2,1-5H3,(H,23,25);1H. The largest absolute Gasteiger partial charge is 0.497 e. The molecule has 164 valence electrons. The predicted molar refractivity (Wildman–Crippen MR) is 116 cm³/mol. The van der Waals surface area contributed by atoms with Crippen molar-refractivity contribution in [2.75, 3.05) is 27.3 Å². The Morgan fingerprint density at radius 3 is 2.21 bits per heavy atom. The van der Waals surface area contributed by atoms with Gasteiger partial charge in [0.2, 0.25) is 5.91 Å². The molecule has 1 aliphatic rings. The van der Waals surface area contributed by atoms with Crippen molar-refractivity contribution in [3.63, 3.8) is 0 Å². The van der Waals surface area contributed by atoms with Crippen LogP contribution in [0.4, 0.5) is 0 Å². The number of ether oxygens (including phenoxy) is 2. The average Bonchev–Trinajstić information content (AvgIpc) is 2.70. The van der Waals surface area contributed by atoms with Crippen LogP contribution in [0.1, 0.15) is 44.0 Å². The number of hydrogen-bond acceptors (Lipinski definition) is 5. The van der Waals surface area contributed by atoms with Crippen LogP contribution in [0, 0.1) is 11.8 Å². The maximum Gasteiger partial charge on any atom is 0.252 e. The van der Waals surface area contributed by atoms with E-state index in [4.69, 9.17) is 15.2 Å². The second-order valence-corrected chi connectivity index (χ2v) is 7.84. The van der Waals surface area contributed by atoms with E-state index >= 15 is 0 Å². The van der Waals surface area contributed by atoms with Crippen LogP contribution in [0.3, 0.4) is 0 Å². The minimum Gasteiger partial charge on any atom is -0.497 e. The van der Waals surface area contributed by atoms with Gasteiger partial charge in [-0.3, -0.25) is 9.59 Å². The first-order chi connectivity index (χ1) is 13.3. The van der Waals surface area contributed by atoms with E-state index in [1.807, 2.05) is 25.7 Å². The smallest absolute Gasteiger partial charge is 0.252 e. The van der Waals surface area contributed by atoms with Gasteiger partial charge in [-0.15, -0.1) is 12.4 Å². The van der Waals surface area contributed by atoms with Gasteiger partial charge in [-0.1, -0.05) is 13.8 Å². The average molecular weight is 428 g/mol. The molecule has 3 N–H and O–H groups in total.